The Balaban J connectivity index is 6.81. The Labute approximate surface area is 121 Å². The number of hydrogen-bond acceptors (Lipinski definition) is 7. The molecule has 0 aliphatic heterocycles. The summed E-state index contributed by atoms with van der Waals surface area (Å²) in [4.78, 5) is 0. The Bertz CT molecular complexity index is 680. The lowest BCUT2D eigenvalue weighted by atomic mass is 10.3. The van der Waals surface area contributed by atoms with Crippen molar-refractivity contribution in [3.8, 4) is 0 Å². The van der Waals surface area contributed by atoms with Gasteiger partial charge in [-0.15, -0.1) is 0 Å². The van der Waals surface area contributed by atoms with Crippen molar-refractivity contribution in [1.82, 2.24) is 0 Å². The van der Waals surface area contributed by atoms with Crippen LogP contribution in [0.4, 0.5) is 13.2 Å². The van der Waals surface area contributed by atoms with E-state index in [4.69, 9.17) is 0 Å². The highest BCUT2D eigenvalue weighted by Crippen LogP contribution is 2.46. The van der Waals surface area contributed by atoms with Crippen LogP contribution < -0.4 is 0 Å². The zero-order chi connectivity index (χ0) is 17.7. The number of alkyl halides is 3. The second-order valence-electron chi connectivity index (χ2n) is 5.33. The van der Waals surface area contributed by atoms with Crippen molar-refractivity contribution in [3.05, 3.63) is 0 Å². The summed E-state index contributed by atoms with van der Waals surface area (Å²) < 4.78 is 111. The maximum Gasteiger partial charge on any atom is 0.522 e. The van der Waals surface area contributed by atoms with Crippen LogP contribution >= 0.6 is 0 Å². The molecule has 0 aromatic rings. The van der Waals surface area contributed by atoms with E-state index in [1.165, 1.54) is 0 Å². The minimum atomic E-state index is -6.40. The van der Waals surface area contributed by atoms with Crippen molar-refractivity contribution in [1.29, 1.82) is 0 Å². The van der Waals surface area contributed by atoms with Crippen molar-refractivity contribution in [2.24, 2.45) is 0 Å². The van der Waals surface area contributed by atoms with Crippen LogP contribution in [0.5, 0.6) is 0 Å². The molecular weight excluding hydrogens is 377 g/mol. The molecule has 0 unspecified atom stereocenters. The minimum Gasteiger partial charge on any atom is -0.272 e. The average Bonchev–Trinajstić information content (AvgIpc) is 2.05. The molecule has 7 nitrogen and oxygen atoms in total. The van der Waals surface area contributed by atoms with Crippen molar-refractivity contribution < 1.29 is 42.3 Å². The lowest BCUT2D eigenvalue weighted by Crippen LogP contribution is -2.62. The zero-order valence-corrected chi connectivity index (χ0v) is 15.2. The summed E-state index contributed by atoms with van der Waals surface area (Å²) >= 11 is 0. The van der Waals surface area contributed by atoms with Crippen molar-refractivity contribution in [2.75, 3.05) is 12.5 Å². The fourth-order valence-corrected chi connectivity index (χ4v) is 25.2. The predicted molar refractivity (Wildman–Crippen MR) is 71.2 cm³/mol. The van der Waals surface area contributed by atoms with Gasteiger partial charge >= 0.3 is 22.2 Å². The van der Waals surface area contributed by atoms with E-state index in [0.29, 0.717) is 12.5 Å². The summed E-state index contributed by atoms with van der Waals surface area (Å²) in [6.45, 7) is -2.53. The smallest absolute Gasteiger partial charge is 0.272 e. The van der Waals surface area contributed by atoms with Gasteiger partial charge in [0.25, 0.3) is 0 Å². The van der Waals surface area contributed by atoms with Gasteiger partial charge in [-0.1, -0.05) is 20.8 Å². The fourth-order valence-electron chi connectivity index (χ4n) is 1.83. The van der Waals surface area contributed by atoms with Gasteiger partial charge in [0.2, 0.25) is 0 Å². The molecule has 0 saturated heterocycles. The minimum absolute atomic E-state index is 0.345. The van der Waals surface area contributed by atoms with E-state index in [1.54, 1.807) is 0 Å². The molecule has 0 bridgehead atoms. The molecule has 0 atom stereocenters. The van der Waals surface area contributed by atoms with Crippen LogP contribution in [0.2, 0.25) is 5.04 Å². The Hall–Kier alpha value is -0.183. The van der Waals surface area contributed by atoms with Crippen LogP contribution in [0.1, 0.15) is 20.8 Å². The molecule has 0 heterocycles. The quantitative estimate of drug-likeness (QED) is 0.511. The third kappa shape index (κ3) is 3.60. The van der Waals surface area contributed by atoms with Crippen molar-refractivity contribution in [3.63, 3.8) is 0 Å². The van der Waals surface area contributed by atoms with Gasteiger partial charge in [0.15, 0.2) is 18.6 Å². The molecule has 0 aromatic heterocycles. The lowest BCUT2D eigenvalue weighted by Gasteiger charge is -2.36. The molecule has 0 N–H and O–H groups in total. The molecule has 0 aliphatic carbocycles. The lowest BCUT2D eigenvalue weighted by molar-refractivity contribution is -0.0502. The van der Waals surface area contributed by atoms with E-state index in [9.17, 15) is 38.4 Å². The second kappa shape index (κ2) is 5.18. The summed E-state index contributed by atoms with van der Waals surface area (Å²) in [5.41, 5.74) is -5.94. The van der Waals surface area contributed by atoms with Crippen LogP contribution in [0.15, 0.2) is 0 Å². The topological polar surface area (TPSA) is 112 Å². The first-order chi connectivity index (χ1) is 8.71. The summed E-state index contributed by atoms with van der Waals surface area (Å²) in [5, 5.41) is -1.88. The fraction of sp³-hybridized carbons (Fsp3) is 1.00. The summed E-state index contributed by atoms with van der Waals surface area (Å²) in [6, 6.07) is 0. The highest BCUT2D eigenvalue weighted by Gasteiger charge is 2.70. The van der Waals surface area contributed by atoms with Gasteiger partial charge in [-0.2, -0.15) is 21.6 Å². The van der Waals surface area contributed by atoms with Crippen LogP contribution in [0.25, 0.3) is 0 Å². The third-order valence-electron chi connectivity index (χ3n) is 2.40. The molecular formula is C7H15F3O7S3Si. The summed E-state index contributed by atoms with van der Waals surface area (Å²) in [5.74, 6) is 0. The third-order valence-corrected chi connectivity index (χ3v) is 24.7. The molecule has 0 fully saturated rings. The van der Waals surface area contributed by atoms with Gasteiger partial charge in [0.05, 0.1) is 0 Å². The van der Waals surface area contributed by atoms with Gasteiger partial charge in [0, 0.05) is 17.5 Å². The molecule has 0 amide bonds. The molecule has 0 saturated carbocycles. The molecule has 128 valence electrons. The maximum absolute atomic E-state index is 12.4. The van der Waals surface area contributed by atoms with E-state index >= 15 is 0 Å². The molecule has 0 aliphatic rings. The first-order valence-electron chi connectivity index (χ1n) is 5.12. The van der Waals surface area contributed by atoms with Crippen LogP contribution in [0.3, 0.4) is 0 Å². The monoisotopic (exact) mass is 392 g/mol. The van der Waals surface area contributed by atoms with Crippen LogP contribution in [-0.4, -0.2) is 49.9 Å². The Morgan fingerprint density at radius 3 is 1.24 bits per heavy atom. The van der Waals surface area contributed by atoms with E-state index in [0.717, 1.165) is 20.8 Å². The van der Waals surface area contributed by atoms with E-state index in [2.05, 4.69) is 3.87 Å². The summed E-state index contributed by atoms with van der Waals surface area (Å²) in [7, 11) is -16.0. The van der Waals surface area contributed by atoms with Gasteiger partial charge in [-0.3, -0.25) is 3.87 Å². The van der Waals surface area contributed by atoms with Crippen LogP contribution in [-0.2, 0) is 32.6 Å². The largest absolute Gasteiger partial charge is 0.522 e. The Morgan fingerprint density at radius 2 is 1.10 bits per heavy atom. The molecule has 0 rings (SSSR count). The molecule has 21 heavy (non-hydrogen) atoms. The average molecular weight is 392 g/mol. The van der Waals surface area contributed by atoms with Gasteiger partial charge in [-0.05, 0) is 0 Å². The van der Waals surface area contributed by atoms with Gasteiger partial charge < -0.3 is 0 Å². The molecule has 0 aromatic carbocycles. The standard InChI is InChI=1S/C7H15F3O7S3Si/c1-6(2,3)21(18(4,11)12,19(5,13)14)17-20(15,16)7(8,9)10/h1-5H3. The number of hydrogen-bond donors (Lipinski definition) is 0. The second-order valence-corrected chi connectivity index (χ2v) is 21.7. The summed E-state index contributed by atoms with van der Waals surface area (Å²) in [6.07, 6.45) is 0.689. The SMILES string of the molecule is CC(C)(C)[Si](OS(=O)(=O)C(F)(F)F)(S(C)(=O)=O)S(C)(=O)=O. The zero-order valence-electron chi connectivity index (χ0n) is 11.7. The van der Waals surface area contributed by atoms with E-state index < -0.39 is 45.9 Å². The molecule has 0 spiro atoms. The predicted octanol–water partition coefficient (Wildman–Crippen LogP) is 0.681. The molecule has 14 heteroatoms. The number of rotatable bonds is 4. The maximum atomic E-state index is 12.4. The highest BCUT2D eigenvalue weighted by molar-refractivity contribution is 8.51. The van der Waals surface area contributed by atoms with Crippen molar-refractivity contribution >= 4 is 35.3 Å². The Kier molecular flexibility index (Phi) is 5.13. The van der Waals surface area contributed by atoms with Gasteiger partial charge in [-0.25, -0.2) is 16.8 Å². The highest BCUT2D eigenvalue weighted by atomic mass is 32.6. The normalized spacial score (nSPS) is 16.0. The van der Waals surface area contributed by atoms with Crippen molar-refractivity contribution in [2.45, 2.75) is 31.3 Å². The first-order valence-corrected chi connectivity index (χ1v) is 13.7. The van der Waals surface area contributed by atoms with E-state index in [1.807, 2.05) is 0 Å². The first kappa shape index (κ1) is 20.8. The Morgan fingerprint density at radius 1 is 0.810 bits per heavy atom. The van der Waals surface area contributed by atoms with Gasteiger partial charge in [0.1, 0.15) is 0 Å². The van der Waals surface area contributed by atoms with Crippen LogP contribution in [0, 0.1) is 0 Å². The molecule has 0 radical (unpaired) electrons. The van der Waals surface area contributed by atoms with E-state index in [-0.39, 0.29) is 0 Å². The number of halogens is 3.